The molecule has 0 bridgehead atoms. The van der Waals surface area contributed by atoms with E-state index in [1.807, 2.05) is 20.8 Å². The van der Waals surface area contributed by atoms with E-state index in [-0.39, 0.29) is 47.3 Å². The molecule has 0 spiro atoms. The highest BCUT2D eigenvalue weighted by Crippen LogP contribution is 2.65. The van der Waals surface area contributed by atoms with Crippen LogP contribution in [0.1, 0.15) is 47.5 Å². The van der Waals surface area contributed by atoms with Gasteiger partial charge in [-0.25, -0.2) is 0 Å². The first-order valence-corrected chi connectivity index (χ1v) is 12.0. The van der Waals surface area contributed by atoms with Crippen LogP contribution in [0.2, 0.25) is 0 Å². The van der Waals surface area contributed by atoms with Crippen molar-refractivity contribution in [2.45, 2.75) is 65.6 Å². The number of rotatable bonds is 6. The summed E-state index contributed by atoms with van der Waals surface area (Å²) in [6.07, 6.45) is 0.928. The Morgan fingerprint density at radius 1 is 1.33 bits per heavy atom. The molecular weight excluding hydrogens is 440 g/mol. The SMILES string of the molecule is CNC(=S)NC(C(=O)N1C[C@H]2[C@@H]([C@H]1C(=O)NC(C#N)C[C@@H]1CCNC1=O)C2(C)C)C(C)(C)C. The van der Waals surface area contributed by atoms with Gasteiger partial charge in [-0.1, -0.05) is 34.6 Å². The number of fused-ring (bicyclic) bond motifs is 1. The molecule has 182 valence electrons. The van der Waals surface area contributed by atoms with Crippen LogP contribution in [0.25, 0.3) is 0 Å². The first-order chi connectivity index (χ1) is 15.3. The summed E-state index contributed by atoms with van der Waals surface area (Å²) in [6, 6.07) is 0.0835. The summed E-state index contributed by atoms with van der Waals surface area (Å²) >= 11 is 5.25. The summed E-state index contributed by atoms with van der Waals surface area (Å²) in [5, 5.41) is 21.5. The molecule has 3 aliphatic rings. The number of piperidine rings is 1. The minimum absolute atomic E-state index is 0.0347. The average Bonchev–Trinajstić information content (AvgIpc) is 3.11. The maximum Gasteiger partial charge on any atom is 0.246 e. The van der Waals surface area contributed by atoms with Gasteiger partial charge >= 0.3 is 0 Å². The molecule has 0 aromatic carbocycles. The van der Waals surface area contributed by atoms with Gasteiger partial charge in [-0.05, 0) is 47.7 Å². The molecule has 2 heterocycles. The minimum Gasteiger partial charge on any atom is -0.366 e. The molecule has 0 radical (unpaired) electrons. The van der Waals surface area contributed by atoms with Crippen molar-refractivity contribution >= 4 is 35.1 Å². The Labute approximate surface area is 201 Å². The van der Waals surface area contributed by atoms with E-state index in [0.717, 1.165) is 0 Å². The van der Waals surface area contributed by atoms with Crippen molar-refractivity contribution in [2.75, 3.05) is 20.1 Å². The number of thiocarbonyl (C=S) groups is 1. The molecule has 1 saturated carbocycles. The Hall–Kier alpha value is -2.41. The number of carbonyl (C=O) groups is 3. The monoisotopic (exact) mass is 476 g/mol. The highest BCUT2D eigenvalue weighted by molar-refractivity contribution is 7.80. The van der Waals surface area contributed by atoms with E-state index < -0.39 is 23.5 Å². The zero-order valence-electron chi connectivity index (χ0n) is 20.3. The number of hydrogen-bond donors (Lipinski definition) is 4. The van der Waals surface area contributed by atoms with Crippen molar-refractivity contribution in [3.05, 3.63) is 0 Å². The molecule has 0 aromatic heterocycles. The minimum atomic E-state index is -0.780. The van der Waals surface area contributed by atoms with Gasteiger partial charge in [0.15, 0.2) is 5.11 Å². The van der Waals surface area contributed by atoms with E-state index in [4.69, 9.17) is 12.2 Å². The average molecular weight is 477 g/mol. The topological polar surface area (TPSA) is 126 Å². The fraction of sp³-hybridized carbons (Fsp3) is 0.783. The molecule has 2 unspecified atom stereocenters. The lowest BCUT2D eigenvalue weighted by molar-refractivity contribution is -0.143. The Morgan fingerprint density at radius 2 is 2.00 bits per heavy atom. The number of nitrogens with zero attached hydrogens (tertiary/aromatic N) is 2. The summed E-state index contributed by atoms with van der Waals surface area (Å²) in [5.74, 6) is -0.589. The van der Waals surface area contributed by atoms with Gasteiger partial charge in [0.25, 0.3) is 0 Å². The summed E-state index contributed by atoms with van der Waals surface area (Å²) < 4.78 is 0. The summed E-state index contributed by atoms with van der Waals surface area (Å²) in [6.45, 7) is 11.2. The van der Waals surface area contributed by atoms with E-state index in [2.05, 4.69) is 41.2 Å². The molecule has 9 nitrogen and oxygen atoms in total. The Kier molecular flexibility index (Phi) is 6.94. The van der Waals surface area contributed by atoms with Gasteiger partial charge in [0.05, 0.1) is 6.07 Å². The molecule has 3 amide bonds. The van der Waals surface area contributed by atoms with Crippen LogP contribution in [0.4, 0.5) is 0 Å². The van der Waals surface area contributed by atoms with E-state index in [0.29, 0.717) is 24.6 Å². The van der Waals surface area contributed by atoms with Crippen molar-refractivity contribution in [2.24, 2.45) is 28.6 Å². The number of likely N-dealkylation sites (tertiary alicyclic amines) is 1. The zero-order chi connectivity index (χ0) is 24.7. The van der Waals surface area contributed by atoms with Crippen molar-refractivity contribution in [1.29, 1.82) is 5.26 Å². The lowest BCUT2D eigenvalue weighted by atomic mass is 9.85. The van der Waals surface area contributed by atoms with Crippen molar-refractivity contribution in [3.8, 4) is 6.07 Å². The lowest BCUT2D eigenvalue weighted by Crippen LogP contribution is -2.60. The molecule has 2 aliphatic heterocycles. The third-order valence-electron chi connectivity index (χ3n) is 7.53. The quantitative estimate of drug-likeness (QED) is 0.412. The molecule has 6 atom stereocenters. The molecule has 2 saturated heterocycles. The van der Waals surface area contributed by atoms with Crippen LogP contribution in [0.3, 0.4) is 0 Å². The molecule has 33 heavy (non-hydrogen) atoms. The summed E-state index contributed by atoms with van der Waals surface area (Å²) in [7, 11) is 1.69. The molecule has 0 aromatic rings. The van der Waals surface area contributed by atoms with Crippen molar-refractivity contribution < 1.29 is 14.4 Å². The number of hydrogen-bond acceptors (Lipinski definition) is 5. The van der Waals surface area contributed by atoms with Gasteiger partial charge in [-0.15, -0.1) is 0 Å². The zero-order valence-corrected chi connectivity index (χ0v) is 21.1. The van der Waals surface area contributed by atoms with E-state index in [1.165, 1.54) is 0 Å². The second-order valence-corrected chi connectivity index (χ2v) is 11.5. The van der Waals surface area contributed by atoms with Gasteiger partial charge in [0.1, 0.15) is 18.1 Å². The maximum atomic E-state index is 13.7. The summed E-state index contributed by atoms with van der Waals surface area (Å²) in [5.41, 5.74) is -0.483. The predicted molar refractivity (Wildman–Crippen MR) is 128 cm³/mol. The second-order valence-electron chi connectivity index (χ2n) is 11.1. The van der Waals surface area contributed by atoms with Gasteiger partial charge in [0, 0.05) is 26.1 Å². The van der Waals surface area contributed by atoms with Gasteiger partial charge < -0.3 is 26.2 Å². The van der Waals surface area contributed by atoms with Crippen LogP contribution in [0.15, 0.2) is 0 Å². The van der Waals surface area contributed by atoms with Crippen molar-refractivity contribution in [3.63, 3.8) is 0 Å². The van der Waals surface area contributed by atoms with Gasteiger partial charge in [-0.2, -0.15) is 5.26 Å². The molecule has 10 heteroatoms. The van der Waals surface area contributed by atoms with Gasteiger partial charge in [-0.3, -0.25) is 14.4 Å². The molecule has 3 fully saturated rings. The predicted octanol–water partition coefficient (Wildman–Crippen LogP) is 0.513. The fourth-order valence-electron chi connectivity index (χ4n) is 5.39. The Bertz CT molecular complexity index is 876. The number of amides is 3. The number of carbonyl (C=O) groups excluding carboxylic acids is 3. The van der Waals surface area contributed by atoms with Crippen LogP contribution in [0.5, 0.6) is 0 Å². The largest absolute Gasteiger partial charge is 0.366 e. The first-order valence-electron chi connectivity index (χ1n) is 11.6. The third-order valence-corrected chi connectivity index (χ3v) is 7.85. The Balaban J connectivity index is 1.79. The second kappa shape index (κ2) is 9.09. The lowest BCUT2D eigenvalue weighted by Gasteiger charge is -2.38. The number of nitriles is 1. The van der Waals surface area contributed by atoms with Gasteiger partial charge in [0.2, 0.25) is 17.7 Å². The highest BCUT2D eigenvalue weighted by atomic mass is 32.1. The molecule has 4 N–H and O–H groups in total. The van der Waals surface area contributed by atoms with E-state index in [9.17, 15) is 19.6 Å². The van der Waals surface area contributed by atoms with Crippen LogP contribution in [0, 0.1) is 39.9 Å². The highest BCUT2D eigenvalue weighted by Gasteiger charge is 2.69. The molecule has 3 rings (SSSR count). The van der Waals surface area contributed by atoms with Crippen LogP contribution >= 0.6 is 12.2 Å². The van der Waals surface area contributed by atoms with Crippen LogP contribution in [-0.4, -0.2) is 66.0 Å². The molecular formula is C23H36N6O3S. The smallest absolute Gasteiger partial charge is 0.246 e. The maximum absolute atomic E-state index is 13.7. The standard InChI is InChI=1S/C23H36N6O3S/c1-22(2,3)17(28-21(33)25-6)20(32)29-11-14-15(23(14,4)5)16(29)19(31)27-13(10-24)9-12-7-8-26-18(12)30/h12-17H,7-9,11H2,1-6H3,(H,26,30)(H,27,31)(H2,25,28,33)/t12-,13?,14-,15-,16-,17?/m0/s1. The van der Waals surface area contributed by atoms with E-state index in [1.54, 1.807) is 11.9 Å². The number of nitrogens with one attached hydrogen (secondary N) is 4. The fourth-order valence-corrected chi connectivity index (χ4v) is 5.50. The first kappa shape index (κ1) is 25.2. The van der Waals surface area contributed by atoms with Crippen LogP contribution < -0.4 is 21.3 Å². The normalized spacial score (nSPS) is 29.2. The van der Waals surface area contributed by atoms with E-state index >= 15 is 0 Å². The van der Waals surface area contributed by atoms with Crippen LogP contribution in [-0.2, 0) is 14.4 Å². The molecule has 1 aliphatic carbocycles. The Morgan fingerprint density at radius 3 is 2.52 bits per heavy atom. The third kappa shape index (κ3) is 4.93. The summed E-state index contributed by atoms with van der Waals surface area (Å²) in [4.78, 5) is 40.7. The van der Waals surface area contributed by atoms with Crippen molar-refractivity contribution in [1.82, 2.24) is 26.2 Å².